The fraction of sp³-hybridized carbons (Fsp3) is 0.556. The van der Waals surface area contributed by atoms with Crippen molar-refractivity contribution in [3.63, 3.8) is 0 Å². The number of aryl methyl sites for hydroxylation is 2. The molecule has 0 aliphatic rings. The lowest BCUT2D eigenvalue weighted by Crippen LogP contribution is -2.07. The van der Waals surface area contributed by atoms with Crippen LogP contribution in [-0.4, -0.2) is 24.9 Å². The number of hydrogen-bond donors (Lipinski definition) is 0. The van der Waals surface area contributed by atoms with Crippen LogP contribution in [0.15, 0.2) is 10.9 Å². The minimum absolute atomic E-state index is 0.409. The summed E-state index contributed by atoms with van der Waals surface area (Å²) in [5.41, 5.74) is 0. The average molecular weight is 242 g/mol. The summed E-state index contributed by atoms with van der Waals surface area (Å²) >= 11 is 5.95. The van der Waals surface area contributed by atoms with Gasteiger partial charge >= 0.3 is 0 Å². The van der Waals surface area contributed by atoms with E-state index in [9.17, 15) is 0 Å². The zero-order chi connectivity index (χ0) is 11.4. The Balaban J connectivity index is 2.05. The Labute approximate surface area is 97.6 Å². The van der Waals surface area contributed by atoms with Gasteiger partial charge in [0.1, 0.15) is 5.82 Å². The van der Waals surface area contributed by atoms with Gasteiger partial charge in [-0.15, -0.1) is 10.2 Å². The molecule has 0 aromatic carbocycles. The van der Waals surface area contributed by atoms with Crippen molar-refractivity contribution in [2.75, 3.05) is 0 Å². The van der Waals surface area contributed by atoms with E-state index in [1.807, 2.05) is 4.57 Å². The average Bonchev–Trinajstić information content (AvgIpc) is 2.88. The quantitative estimate of drug-likeness (QED) is 0.794. The van der Waals surface area contributed by atoms with Crippen molar-refractivity contribution in [2.24, 2.45) is 0 Å². The first-order valence-corrected chi connectivity index (χ1v) is 5.52. The molecule has 16 heavy (non-hydrogen) atoms. The Bertz CT molecular complexity index is 439. The number of aromatic nitrogens is 5. The highest BCUT2D eigenvalue weighted by Gasteiger charge is 2.10. The Morgan fingerprint density at radius 2 is 2.25 bits per heavy atom. The molecule has 0 fully saturated rings. The van der Waals surface area contributed by atoms with Crippen molar-refractivity contribution < 1.29 is 4.52 Å². The predicted octanol–water partition coefficient (Wildman–Crippen LogP) is 1.51. The normalized spacial score (nSPS) is 10.9. The van der Waals surface area contributed by atoms with Gasteiger partial charge in [0, 0.05) is 19.4 Å². The van der Waals surface area contributed by atoms with Crippen LogP contribution in [0.1, 0.15) is 25.0 Å². The van der Waals surface area contributed by atoms with E-state index >= 15 is 0 Å². The maximum Gasteiger partial charge on any atom is 0.225 e. The molecule has 0 N–H and O–H groups in total. The van der Waals surface area contributed by atoms with Gasteiger partial charge in [0.2, 0.25) is 11.7 Å². The fourth-order valence-corrected chi connectivity index (χ4v) is 1.68. The van der Waals surface area contributed by atoms with Crippen LogP contribution in [0.2, 0.25) is 5.28 Å². The number of nitrogens with zero attached hydrogens (tertiary/aromatic N) is 5. The molecule has 2 aromatic rings. The number of rotatable bonds is 5. The maximum absolute atomic E-state index is 5.95. The third kappa shape index (κ3) is 2.38. The molecule has 7 heteroatoms. The van der Waals surface area contributed by atoms with E-state index in [-0.39, 0.29) is 0 Å². The topological polar surface area (TPSA) is 69.6 Å². The van der Waals surface area contributed by atoms with Gasteiger partial charge in [-0.25, -0.2) is 0 Å². The Morgan fingerprint density at radius 1 is 1.38 bits per heavy atom. The van der Waals surface area contributed by atoms with Crippen molar-refractivity contribution in [2.45, 2.75) is 32.7 Å². The van der Waals surface area contributed by atoms with Crippen LogP contribution in [0.5, 0.6) is 0 Å². The monoisotopic (exact) mass is 241 g/mol. The van der Waals surface area contributed by atoms with Gasteiger partial charge in [0.15, 0.2) is 5.82 Å². The highest BCUT2D eigenvalue weighted by atomic mass is 35.5. The van der Waals surface area contributed by atoms with Crippen LogP contribution in [0.3, 0.4) is 0 Å². The zero-order valence-corrected chi connectivity index (χ0v) is 9.68. The third-order valence-electron chi connectivity index (χ3n) is 2.22. The summed E-state index contributed by atoms with van der Waals surface area (Å²) in [6.07, 6.45) is 3.85. The van der Waals surface area contributed by atoms with Gasteiger partial charge in [-0.3, -0.25) is 0 Å². The van der Waals surface area contributed by atoms with Crippen molar-refractivity contribution in [3.05, 3.63) is 23.3 Å². The lowest BCUT2D eigenvalue weighted by Gasteiger charge is -2.04. The molecule has 2 rings (SSSR count). The summed E-state index contributed by atoms with van der Waals surface area (Å²) in [7, 11) is 0. The first-order valence-electron chi connectivity index (χ1n) is 5.14. The molecule has 0 unspecified atom stereocenters. The molecule has 2 aromatic heterocycles. The molecule has 0 aliphatic carbocycles. The first-order chi connectivity index (χ1) is 7.81. The van der Waals surface area contributed by atoms with Crippen molar-refractivity contribution >= 4 is 11.6 Å². The van der Waals surface area contributed by atoms with Gasteiger partial charge in [-0.2, -0.15) is 4.98 Å². The van der Waals surface area contributed by atoms with E-state index in [4.69, 9.17) is 11.6 Å². The fourth-order valence-electron chi connectivity index (χ4n) is 1.46. The molecule has 0 saturated carbocycles. The molecule has 86 valence electrons. The van der Waals surface area contributed by atoms with E-state index in [1.165, 1.54) is 6.39 Å². The zero-order valence-electron chi connectivity index (χ0n) is 8.93. The van der Waals surface area contributed by atoms with Crippen LogP contribution in [-0.2, 0) is 19.4 Å². The van der Waals surface area contributed by atoms with E-state index in [0.717, 1.165) is 18.7 Å². The second kappa shape index (κ2) is 5.07. The summed E-state index contributed by atoms with van der Waals surface area (Å²) in [6, 6.07) is 0. The van der Waals surface area contributed by atoms with Crippen molar-refractivity contribution in [1.82, 2.24) is 24.9 Å². The minimum atomic E-state index is 0.409. The summed E-state index contributed by atoms with van der Waals surface area (Å²) in [6.45, 7) is 2.76. The smallest absolute Gasteiger partial charge is 0.225 e. The standard InChI is InChI=1S/C9H12ClN5O/c1-2-3-8-12-13-9(10)15(8)5-4-7-11-6-16-14-7/h6H,2-5H2,1H3. The second-order valence-electron chi connectivity index (χ2n) is 3.38. The summed E-state index contributed by atoms with van der Waals surface area (Å²) < 4.78 is 6.53. The lowest BCUT2D eigenvalue weighted by atomic mass is 10.3. The molecular formula is C9H12ClN5O. The summed E-state index contributed by atoms with van der Waals surface area (Å²) in [4.78, 5) is 3.95. The van der Waals surface area contributed by atoms with Gasteiger partial charge < -0.3 is 9.09 Å². The highest BCUT2D eigenvalue weighted by molar-refractivity contribution is 6.28. The van der Waals surface area contributed by atoms with Crippen LogP contribution in [0, 0.1) is 0 Å². The molecule has 2 heterocycles. The molecule has 0 saturated heterocycles. The van der Waals surface area contributed by atoms with Crippen LogP contribution in [0.4, 0.5) is 0 Å². The van der Waals surface area contributed by atoms with Crippen LogP contribution in [0.25, 0.3) is 0 Å². The third-order valence-corrected chi connectivity index (χ3v) is 2.50. The van der Waals surface area contributed by atoms with Crippen LogP contribution >= 0.6 is 11.6 Å². The van der Waals surface area contributed by atoms with E-state index in [2.05, 4.69) is 31.8 Å². The van der Waals surface area contributed by atoms with Crippen molar-refractivity contribution in [1.29, 1.82) is 0 Å². The Hall–Kier alpha value is -1.43. The van der Waals surface area contributed by atoms with Crippen LogP contribution < -0.4 is 0 Å². The highest BCUT2D eigenvalue weighted by Crippen LogP contribution is 2.10. The van der Waals surface area contributed by atoms with Gasteiger partial charge in [-0.1, -0.05) is 12.1 Å². The molecule has 0 amide bonds. The second-order valence-corrected chi connectivity index (χ2v) is 3.72. The SMILES string of the molecule is CCCc1nnc(Cl)n1CCc1ncon1. The Morgan fingerprint density at radius 3 is 2.94 bits per heavy atom. The molecule has 6 nitrogen and oxygen atoms in total. The Kier molecular flexibility index (Phi) is 3.51. The minimum Gasteiger partial charge on any atom is -0.343 e. The molecule has 0 aliphatic heterocycles. The maximum atomic E-state index is 5.95. The van der Waals surface area contributed by atoms with Gasteiger partial charge in [0.25, 0.3) is 0 Å². The van der Waals surface area contributed by atoms with E-state index < -0.39 is 0 Å². The summed E-state index contributed by atoms with van der Waals surface area (Å²) in [5.74, 6) is 1.56. The lowest BCUT2D eigenvalue weighted by molar-refractivity contribution is 0.408. The van der Waals surface area contributed by atoms with Gasteiger partial charge in [0.05, 0.1) is 0 Å². The largest absolute Gasteiger partial charge is 0.343 e. The first kappa shape index (κ1) is 11.1. The molecule has 0 radical (unpaired) electrons. The molecule has 0 bridgehead atoms. The molecule has 0 spiro atoms. The number of hydrogen-bond acceptors (Lipinski definition) is 5. The number of halogens is 1. The predicted molar refractivity (Wildman–Crippen MR) is 57.0 cm³/mol. The van der Waals surface area contributed by atoms with E-state index in [0.29, 0.717) is 24.1 Å². The van der Waals surface area contributed by atoms with Gasteiger partial charge in [-0.05, 0) is 18.0 Å². The van der Waals surface area contributed by atoms with E-state index in [1.54, 1.807) is 0 Å². The summed E-state index contributed by atoms with van der Waals surface area (Å²) in [5, 5.41) is 12.0. The molecular weight excluding hydrogens is 230 g/mol. The molecule has 0 atom stereocenters. The van der Waals surface area contributed by atoms with Crippen molar-refractivity contribution in [3.8, 4) is 0 Å².